The van der Waals surface area contributed by atoms with Crippen LogP contribution < -0.4 is 4.90 Å². The SMILES string of the molecule is C/C=C/C=C(/C#N)N(C)c1ccccc1. The van der Waals surface area contributed by atoms with Gasteiger partial charge in [-0.2, -0.15) is 5.26 Å². The van der Waals surface area contributed by atoms with Gasteiger partial charge in [0.2, 0.25) is 0 Å². The summed E-state index contributed by atoms with van der Waals surface area (Å²) in [6.07, 6.45) is 5.56. The molecule has 1 aromatic rings. The first-order chi connectivity index (χ1) is 7.29. The number of hydrogen-bond donors (Lipinski definition) is 0. The van der Waals surface area contributed by atoms with Crippen LogP contribution >= 0.6 is 0 Å². The zero-order chi connectivity index (χ0) is 11.1. The maximum absolute atomic E-state index is 8.99. The first-order valence-corrected chi connectivity index (χ1v) is 4.81. The van der Waals surface area contributed by atoms with E-state index in [1.54, 1.807) is 6.08 Å². The highest BCUT2D eigenvalue weighted by molar-refractivity contribution is 5.54. The van der Waals surface area contributed by atoms with Crippen LogP contribution in [0.4, 0.5) is 5.69 Å². The van der Waals surface area contributed by atoms with Crippen molar-refractivity contribution in [1.29, 1.82) is 5.26 Å². The van der Waals surface area contributed by atoms with E-state index >= 15 is 0 Å². The molecule has 2 nitrogen and oxygen atoms in total. The lowest BCUT2D eigenvalue weighted by molar-refractivity contribution is 1.14. The van der Waals surface area contributed by atoms with Crippen LogP contribution in [0.2, 0.25) is 0 Å². The lowest BCUT2D eigenvalue weighted by Gasteiger charge is -2.17. The minimum absolute atomic E-state index is 0.624. The highest BCUT2D eigenvalue weighted by atomic mass is 15.1. The fraction of sp³-hybridized carbons (Fsp3) is 0.154. The average Bonchev–Trinajstić information content (AvgIpc) is 2.31. The van der Waals surface area contributed by atoms with Crippen molar-refractivity contribution in [3.05, 3.63) is 54.3 Å². The van der Waals surface area contributed by atoms with E-state index in [1.165, 1.54) is 0 Å². The fourth-order valence-electron chi connectivity index (χ4n) is 1.20. The second-order valence-electron chi connectivity index (χ2n) is 3.08. The van der Waals surface area contributed by atoms with Crippen LogP contribution in [0.3, 0.4) is 0 Å². The molecular formula is C13H14N2. The third kappa shape index (κ3) is 2.99. The number of rotatable bonds is 3. The minimum Gasteiger partial charge on any atom is -0.336 e. The van der Waals surface area contributed by atoms with Crippen LogP contribution in [-0.4, -0.2) is 7.05 Å². The molecule has 1 aromatic carbocycles. The number of benzene rings is 1. The Morgan fingerprint density at radius 2 is 2.00 bits per heavy atom. The molecule has 0 bridgehead atoms. The van der Waals surface area contributed by atoms with Gasteiger partial charge in [0.1, 0.15) is 11.8 Å². The van der Waals surface area contributed by atoms with Crippen molar-refractivity contribution < 1.29 is 0 Å². The Labute approximate surface area is 90.8 Å². The van der Waals surface area contributed by atoms with Crippen molar-refractivity contribution in [2.45, 2.75) is 6.92 Å². The van der Waals surface area contributed by atoms with Crippen molar-refractivity contribution in [3.8, 4) is 6.07 Å². The number of para-hydroxylation sites is 1. The summed E-state index contributed by atoms with van der Waals surface area (Å²) >= 11 is 0. The predicted octanol–water partition coefficient (Wildman–Crippen LogP) is 3.11. The van der Waals surface area contributed by atoms with Crippen molar-refractivity contribution in [2.75, 3.05) is 11.9 Å². The standard InChI is InChI=1S/C13H14N2/c1-3-4-8-13(11-14)15(2)12-9-6-5-7-10-12/h3-10H,1-2H3/b4-3+,13-8-. The van der Waals surface area contributed by atoms with Crippen molar-refractivity contribution in [2.24, 2.45) is 0 Å². The van der Waals surface area contributed by atoms with Crippen molar-refractivity contribution >= 4 is 5.69 Å². The number of nitriles is 1. The first-order valence-electron chi connectivity index (χ1n) is 4.81. The van der Waals surface area contributed by atoms with Crippen LogP contribution in [0.25, 0.3) is 0 Å². The Morgan fingerprint density at radius 1 is 1.33 bits per heavy atom. The van der Waals surface area contributed by atoms with Crippen LogP contribution in [0.15, 0.2) is 54.3 Å². The van der Waals surface area contributed by atoms with Gasteiger partial charge in [-0.15, -0.1) is 0 Å². The van der Waals surface area contributed by atoms with Gasteiger partial charge in [0, 0.05) is 12.7 Å². The molecule has 0 aliphatic rings. The molecule has 0 radical (unpaired) electrons. The largest absolute Gasteiger partial charge is 0.336 e. The normalized spacial score (nSPS) is 11.4. The topological polar surface area (TPSA) is 27.0 Å². The Kier molecular flexibility index (Phi) is 4.18. The van der Waals surface area contributed by atoms with Gasteiger partial charge in [0.25, 0.3) is 0 Å². The molecular weight excluding hydrogens is 184 g/mol. The third-order valence-electron chi connectivity index (χ3n) is 2.07. The van der Waals surface area contributed by atoms with E-state index in [2.05, 4.69) is 6.07 Å². The molecule has 2 heteroatoms. The molecule has 76 valence electrons. The molecule has 0 saturated heterocycles. The molecule has 15 heavy (non-hydrogen) atoms. The summed E-state index contributed by atoms with van der Waals surface area (Å²) in [6, 6.07) is 12.0. The van der Waals surface area contributed by atoms with Gasteiger partial charge in [-0.05, 0) is 25.1 Å². The molecule has 0 spiro atoms. The minimum atomic E-state index is 0.624. The lowest BCUT2D eigenvalue weighted by atomic mass is 10.2. The van der Waals surface area contributed by atoms with Gasteiger partial charge in [-0.3, -0.25) is 0 Å². The van der Waals surface area contributed by atoms with E-state index in [-0.39, 0.29) is 0 Å². The van der Waals surface area contributed by atoms with Crippen molar-refractivity contribution in [1.82, 2.24) is 0 Å². The Morgan fingerprint density at radius 3 is 2.53 bits per heavy atom. The predicted molar refractivity (Wildman–Crippen MR) is 63.4 cm³/mol. The second kappa shape index (κ2) is 5.66. The fourth-order valence-corrected chi connectivity index (χ4v) is 1.20. The molecule has 1 rings (SSSR count). The van der Waals surface area contributed by atoms with Gasteiger partial charge < -0.3 is 4.90 Å². The Bertz CT molecular complexity index is 396. The zero-order valence-corrected chi connectivity index (χ0v) is 9.01. The summed E-state index contributed by atoms with van der Waals surface area (Å²) < 4.78 is 0. The Hall–Kier alpha value is -2.01. The molecule has 0 unspecified atom stereocenters. The van der Waals surface area contributed by atoms with Gasteiger partial charge >= 0.3 is 0 Å². The van der Waals surface area contributed by atoms with Gasteiger partial charge in [-0.1, -0.05) is 30.4 Å². The average molecular weight is 198 g/mol. The van der Waals surface area contributed by atoms with Gasteiger partial charge in [-0.25, -0.2) is 0 Å². The summed E-state index contributed by atoms with van der Waals surface area (Å²) in [6.45, 7) is 1.92. The molecule has 0 N–H and O–H groups in total. The summed E-state index contributed by atoms with van der Waals surface area (Å²) in [7, 11) is 1.88. The molecule has 0 aliphatic carbocycles. The summed E-state index contributed by atoms with van der Waals surface area (Å²) in [5.41, 5.74) is 1.63. The molecule has 0 aromatic heterocycles. The van der Waals surface area contributed by atoms with E-state index in [9.17, 15) is 0 Å². The number of anilines is 1. The van der Waals surface area contributed by atoms with Crippen LogP contribution in [0.1, 0.15) is 6.92 Å². The molecule has 0 saturated carbocycles. The second-order valence-corrected chi connectivity index (χ2v) is 3.08. The number of allylic oxidation sites excluding steroid dienone is 4. The zero-order valence-electron chi connectivity index (χ0n) is 9.01. The monoisotopic (exact) mass is 198 g/mol. The quantitative estimate of drug-likeness (QED) is 0.551. The molecule has 0 atom stereocenters. The van der Waals surface area contributed by atoms with Crippen molar-refractivity contribution in [3.63, 3.8) is 0 Å². The maximum Gasteiger partial charge on any atom is 0.120 e. The molecule has 0 fully saturated rings. The lowest BCUT2D eigenvalue weighted by Crippen LogP contribution is -2.14. The van der Waals surface area contributed by atoms with Crippen LogP contribution in [0.5, 0.6) is 0 Å². The summed E-state index contributed by atoms with van der Waals surface area (Å²) in [5, 5.41) is 8.99. The molecule has 0 amide bonds. The van der Waals surface area contributed by atoms with E-state index < -0.39 is 0 Å². The van der Waals surface area contributed by atoms with E-state index in [4.69, 9.17) is 5.26 Å². The van der Waals surface area contributed by atoms with Gasteiger partial charge in [0.05, 0.1) is 0 Å². The summed E-state index contributed by atoms with van der Waals surface area (Å²) in [4.78, 5) is 1.86. The highest BCUT2D eigenvalue weighted by Crippen LogP contribution is 2.15. The number of hydrogen-bond acceptors (Lipinski definition) is 2. The third-order valence-corrected chi connectivity index (χ3v) is 2.07. The van der Waals surface area contributed by atoms with Crippen LogP contribution in [-0.2, 0) is 0 Å². The van der Waals surface area contributed by atoms with E-state index in [1.807, 2.05) is 61.4 Å². The maximum atomic E-state index is 8.99. The molecule has 0 aliphatic heterocycles. The molecule has 0 heterocycles. The van der Waals surface area contributed by atoms with Crippen LogP contribution in [0, 0.1) is 11.3 Å². The Balaban J connectivity index is 2.93. The van der Waals surface area contributed by atoms with E-state index in [0.717, 1.165) is 5.69 Å². The van der Waals surface area contributed by atoms with Gasteiger partial charge in [0.15, 0.2) is 0 Å². The highest BCUT2D eigenvalue weighted by Gasteiger charge is 2.03. The first kappa shape index (κ1) is 11.1. The van der Waals surface area contributed by atoms with E-state index in [0.29, 0.717) is 5.70 Å². The number of nitrogens with zero attached hydrogens (tertiary/aromatic N) is 2. The summed E-state index contributed by atoms with van der Waals surface area (Å²) in [5.74, 6) is 0. The smallest absolute Gasteiger partial charge is 0.120 e.